The van der Waals surface area contributed by atoms with Crippen LogP contribution in [0.1, 0.15) is 0 Å². The van der Waals surface area contributed by atoms with Gasteiger partial charge < -0.3 is 15.2 Å². The molecule has 0 bridgehead atoms. The fraction of sp³-hybridized carbons (Fsp3) is 0. The molecule has 0 heterocycles. The third-order valence-corrected chi connectivity index (χ3v) is 2.80. The summed E-state index contributed by atoms with van der Waals surface area (Å²) in [5.74, 6) is -0.456. The van der Waals surface area contributed by atoms with E-state index >= 15 is 0 Å². The largest absolute Gasteiger partial charge is 0.478 e. The summed E-state index contributed by atoms with van der Waals surface area (Å²) in [6.07, 6.45) is 1.72. The van der Waals surface area contributed by atoms with Crippen molar-refractivity contribution in [1.82, 2.24) is 0 Å². The zero-order chi connectivity index (χ0) is 15.9. The topological polar surface area (TPSA) is 75.6 Å². The molecule has 0 aliphatic rings. The van der Waals surface area contributed by atoms with E-state index in [4.69, 9.17) is 21.4 Å². The first-order chi connectivity index (χ1) is 10.5. The van der Waals surface area contributed by atoms with E-state index in [9.17, 15) is 9.59 Å². The molecule has 2 N–H and O–H groups in total. The monoisotopic (exact) mass is 317 g/mol. The van der Waals surface area contributed by atoms with Crippen molar-refractivity contribution in [3.8, 4) is 11.5 Å². The number of carboxylic acids is 1. The van der Waals surface area contributed by atoms with E-state index in [2.05, 4.69) is 5.32 Å². The molecule has 2 aromatic rings. The Labute approximate surface area is 131 Å². The fourth-order valence-electron chi connectivity index (χ4n) is 1.58. The molecule has 0 fully saturated rings. The summed E-state index contributed by atoms with van der Waals surface area (Å²) in [6.45, 7) is 0. The molecule has 0 unspecified atom stereocenters. The number of benzene rings is 2. The van der Waals surface area contributed by atoms with Crippen LogP contribution in [0, 0.1) is 0 Å². The van der Waals surface area contributed by atoms with Gasteiger partial charge in [-0.25, -0.2) is 4.79 Å². The summed E-state index contributed by atoms with van der Waals surface area (Å²) in [5.41, 5.74) is 0.531. The van der Waals surface area contributed by atoms with E-state index in [1.165, 1.54) is 0 Å². The van der Waals surface area contributed by atoms with Crippen molar-refractivity contribution in [2.45, 2.75) is 0 Å². The van der Waals surface area contributed by atoms with E-state index in [-0.39, 0.29) is 0 Å². The minimum absolute atomic E-state index is 0.520. The third-order valence-electron chi connectivity index (χ3n) is 2.55. The van der Waals surface area contributed by atoms with Crippen molar-refractivity contribution in [2.24, 2.45) is 0 Å². The quantitative estimate of drug-likeness (QED) is 0.824. The number of hydrogen-bond donors (Lipinski definition) is 2. The van der Waals surface area contributed by atoms with Gasteiger partial charge in [-0.1, -0.05) is 11.6 Å². The molecule has 0 aliphatic carbocycles. The lowest BCUT2D eigenvalue weighted by Gasteiger charge is -2.07. The number of carbonyl (C=O) groups is 2. The van der Waals surface area contributed by atoms with Gasteiger partial charge >= 0.3 is 5.97 Å². The highest BCUT2D eigenvalue weighted by atomic mass is 35.5. The van der Waals surface area contributed by atoms with Crippen LogP contribution in [-0.4, -0.2) is 17.0 Å². The number of carboxylic acid groups (broad SMARTS) is 1. The van der Waals surface area contributed by atoms with Crippen LogP contribution >= 0.6 is 11.6 Å². The summed E-state index contributed by atoms with van der Waals surface area (Å²) in [6, 6.07) is 13.6. The van der Waals surface area contributed by atoms with Crippen LogP contribution in [0.25, 0.3) is 0 Å². The van der Waals surface area contributed by atoms with Crippen LogP contribution in [-0.2, 0) is 9.59 Å². The Morgan fingerprint density at radius 2 is 1.50 bits per heavy atom. The standard InChI is InChI=1S/C16H12ClNO4/c17-11-1-5-13(6-2-11)22-14-7-3-12(4-8-14)18-15(19)9-10-16(20)21/h1-10H,(H,18,19)(H,20,21)/b10-9+. The second-order valence-corrected chi connectivity index (χ2v) is 4.68. The number of ether oxygens (including phenoxy) is 1. The number of amides is 1. The number of halogens is 1. The van der Waals surface area contributed by atoms with Gasteiger partial charge in [0.05, 0.1) is 0 Å². The Bertz CT molecular complexity index is 693. The number of hydrogen-bond acceptors (Lipinski definition) is 3. The van der Waals surface area contributed by atoms with Gasteiger partial charge in [0, 0.05) is 22.9 Å². The summed E-state index contributed by atoms with van der Waals surface area (Å²) in [5, 5.41) is 11.6. The number of nitrogens with one attached hydrogen (secondary N) is 1. The number of aliphatic carboxylic acids is 1. The molecular formula is C16H12ClNO4. The number of carbonyl (C=O) groups excluding carboxylic acids is 1. The van der Waals surface area contributed by atoms with Crippen LogP contribution < -0.4 is 10.1 Å². The highest BCUT2D eigenvalue weighted by Crippen LogP contribution is 2.24. The first kappa shape index (κ1) is 15.6. The highest BCUT2D eigenvalue weighted by Gasteiger charge is 2.01. The predicted molar refractivity (Wildman–Crippen MR) is 83.4 cm³/mol. The fourth-order valence-corrected chi connectivity index (χ4v) is 1.70. The summed E-state index contributed by atoms with van der Waals surface area (Å²) >= 11 is 5.79. The van der Waals surface area contributed by atoms with E-state index in [1.54, 1.807) is 48.5 Å². The van der Waals surface area contributed by atoms with Gasteiger partial charge in [0.15, 0.2) is 0 Å². The third kappa shape index (κ3) is 4.96. The molecule has 22 heavy (non-hydrogen) atoms. The van der Waals surface area contributed by atoms with Crippen LogP contribution in [0.5, 0.6) is 11.5 Å². The maximum absolute atomic E-state index is 11.4. The maximum atomic E-state index is 11.4. The van der Waals surface area contributed by atoms with Crippen molar-refractivity contribution in [3.05, 3.63) is 65.7 Å². The van der Waals surface area contributed by atoms with E-state index in [1.807, 2.05) is 0 Å². The molecule has 6 heteroatoms. The average Bonchev–Trinajstić information content (AvgIpc) is 2.49. The zero-order valence-electron chi connectivity index (χ0n) is 11.3. The minimum Gasteiger partial charge on any atom is -0.478 e. The van der Waals surface area contributed by atoms with Crippen molar-refractivity contribution in [2.75, 3.05) is 5.32 Å². The Balaban J connectivity index is 1.96. The second kappa shape index (κ2) is 7.28. The van der Waals surface area contributed by atoms with Gasteiger partial charge in [0.25, 0.3) is 0 Å². The van der Waals surface area contributed by atoms with Crippen LogP contribution in [0.15, 0.2) is 60.7 Å². The molecule has 2 rings (SSSR count). The molecule has 0 aliphatic heterocycles. The molecule has 0 spiro atoms. The molecule has 0 saturated heterocycles. The Hall–Kier alpha value is -2.79. The van der Waals surface area contributed by atoms with Gasteiger partial charge in [-0.15, -0.1) is 0 Å². The molecule has 112 valence electrons. The molecule has 5 nitrogen and oxygen atoms in total. The van der Waals surface area contributed by atoms with Crippen molar-refractivity contribution < 1.29 is 19.4 Å². The number of anilines is 1. The van der Waals surface area contributed by atoms with Crippen LogP contribution in [0.3, 0.4) is 0 Å². The molecule has 0 aromatic heterocycles. The highest BCUT2D eigenvalue weighted by molar-refractivity contribution is 6.30. The second-order valence-electron chi connectivity index (χ2n) is 4.24. The van der Waals surface area contributed by atoms with Crippen LogP contribution in [0.4, 0.5) is 5.69 Å². The van der Waals surface area contributed by atoms with Crippen molar-refractivity contribution in [1.29, 1.82) is 0 Å². The average molecular weight is 318 g/mol. The Morgan fingerprint density at radius 3 is 2.05 bits per heavy atom. The first-order valence-corrected chi connectivity index (χ1v) is 6.66. The van der Waals surface area contributed by atoms with Gasteiger partial charge in [0.1, 0.15) is 11.5 Å². The normalized spacial score (nSPS) is 10.4. The van der Waals surface area contributed by atoms with Gasteiger partial charge in [0.2, 0.25) is 5.91 Å². The Kier molecular flexibility index (Phi) is 5.16. The molecular weight excluding hydrogens is 306 g/mol. The lowest BCUT2D eigenvalue weighted by Crippen LogP contribution is -2.08. The molecule has 0 atom stereocenters. The maximum Gasteiger partial charge on any atom is 0.328 e. The first-order valence-electron chi connectivity index (χ1n) is 6.28. The van der Waals surface area contributed by atoms with Gasteiger partial charge in [-0.05, 0) is 48.5 Å². The number of rotatable bonds is 5. The summed E-state index contributed by atoms with van der Waals surface area (Å²) < 4.78 is 5.61. The van der Waals surface area contributed by atoms with Crippen molar-refractivity contribution in [3.63, 3.8) is 0 Å². The van der Waals surface area contributed by atoms with Crippen LogP contribution in [0.2, 0.25) is 5.02 Å². The lowest BCUT2D eigenvalue weighted by atomic mass is 10.3. The molecule has 1 amide bonds. The minimum atomic E-state index is -1.18. The SMILES string of the molecule is O=C(O)/C=C/C(=O)Nc1ccc(Oc2ccc(Cl)cc2)cc1. The molecule has 0 saturated carbocycles. The summed E-state index contributed by atoms with van der Waals surface area (Å²) in [7, 11) is 0. The van der Waals surface area contributed by atoms with Crippen molar-refractivity contribution >= 4 is 29.2 Å². The molecule has 2 aromatic carbocycles. The smallest absolute Gasteiger partial charge is 0.328 e. The summed E-state index contributed by atoms with van der Waals surface area (Å²) in [4.78, 5) is 21.7. The molecule has 0 radical (unpaired) electrons. The van der Waals surface area contributed by atoms with Gasteiger partial charge in [-0.3, -0.25) is 4.79 Å². The Morgan fingerprint density at radius 1 is 0.955 bits per heavy atom. The van der Waals surface area contributed by atoms with Gasteiger partial charge in [-0.2, -0.15) is 0 Å². The van der Waals surface area contributed by atoms with E-state index in [0.29, 0.717) is 22.2 Å². The lowest BCUT2D eigenvalue weighted by molar-refractivity contribution is -0.131. The predicted octanol–water partition coefficient (Wildman–Crippen LogP) is 3.71. The van der Waals surface area contributed by atoms with E-state index in [0.717, 1.165) is 12.2 Å². The van der Waals surface area contributed by atoms with E-state index < -0.39 is 11.9 Å². The zero-order valence-corrected chi connectivity index (χ0v) is 12.1.